The van der Waals surface area contributed by atoms with Gasteiger partial charge in [0, 0.05) is 19.5 Å². The molecule has 0 unspecified atom stereocenters. The van der Waals surface area contributed by atoms with Gasteiger partial charge in [0.05, 0.1) is 31.1 Å². The van der Waals surface area contributed by atoms with Crippen LogP contribution in [0.3, 0.4) is 0 Å². The molecule has 4 rings (SSSR count). The van der Waals surface area contributed by atoms with Crippen molar-refractivity contribution in [2.75, 3.05) is 11.9 Å². The molecule has 1 heterocycles. The van der Waals surface area contributed by atoms with Gasteiger partial charge in [0.2, 0.25) is 5.91 Å². The number of esters is 1. The Bertz CT molecular complexity index is 1280. The predicted molar refractivity (Wildman–Crippen MR) is 141 cm³/mol. The molecule has 1 aliphatic rings. The van der Waals surface area contributed by atoms with Gasteiger partial charge in [-0.15, -0.1) is 0 Å². The Balaban J connectivity index is 1.48. The monoisotopic (exact) mass is 519 g/mol. The lowest BCUT2D eigenvalue weighted by Gasteiger charge is -2.23. The van der Waals surface area contributed by atoms with Crippen LogP contribution in [0.2, 0.25) is 0 Å². The van der Waals surface area contributed by atoms with Crippen LogP contribution in [0.15, 0.2) is 67.1 Å². The summed E-state index contributed by atoms with van der Waals surface area (Å²) in [4.78, 5) is 41.8. The minimum Gasteiger partial charge on any atom is -0.460 e. The maximum Gasteiger partial charge on any atom is 0.302 e. The number of amides is 2. The van der Waals surface area contributed by atoms with Crippen LogP contribution < -0.4 is 16.4 Å². The lowest BCUT2D eigenvalue weighted by atomic mass is 10.1. The van der Waals surface area contributed by atoms with E-state index in [9.17, 15) is 14.4 Å². The Labute approximate surface area is 221 Å². The molecular formula is C28H33N5O5. The van der Waals surface area contributed by atoms with Crippen LogP contribution in [-0.2, 0) is 36.9 Å². The first kappa shape index (κ1) is 27.0. The fourth-order valence-corrected chi connectivity index (χ4v) is 4.37. The molecule has 0 saturated carbocycles. The van der Waals surface area contributed by atoms with Gasteiger partial charge in [-0.3, -0.25) is 14.4 Å². The van der Waals surface area contributed by atoms with Crippen molar-refractivity contribution in [3.63, 3.8) is 0 Å². The van der Waals surface area contributed by atoms with Crippen molar-refractivity contribution in [2.24, 2.45) is 5.73 Å². The molecule has 0 aliphatic heterocycles. The number of ether oxygens (including phenoxy) is 2. The number of nitrogens with two attached hydrogens (primary N) is 1. The van der Waals surface area contributed by atoms with Crippen LogP contribution in [0, 0.1) is 0 Å². The zero-order valence-corrected chi connectivity index (χ0v) is 21.7. The predicted octanol–water partition coefficient (Wildman–Crippen LogP) is 2.34. The number of anilines is 1. The van der Waals surface area contributed by atoms with E-state index in [1.165, 1.54) is 6.92 Å². The third kappa shape index (κ3) is 6.64. The van der Waals surface area contributed by atoms with Crippen molar-refractivity contribution < 1.29 is 23.9 Å². The maximum atomic E-state index is 13.2. The number of benzene rings is 2. The lowest BCUT2D eigenvalue weighted by molar-refractivity contribution is -0.147. The van der Waals surface area contributed by atoms with Crippen molar-refractivity contribution in [1.29, 1.82) is 0 Å². The Morgan fingerprint density at radius 1 is 1.13 bits per heavy atom. The summed E-state index contributed by atoms with van der Waals surface area (Å²) in [6.07, 6.45) is 3.45. The minimum atomic E-state index is -1.18. The van der Waals surface area contributed by atoms with E-state index in [0.29, 0.717) is 6.42 Å². The molecular weight excluding hydrogens is 486 g/mol. The molecule has 38 heavy (non-hydrogen) atoms. The second-order valence-corrected chi connectivity index (χ2v) is 9.94. The first-order valence-electron chi connectivity index (χ1n) is 12.4. The molecule has 10 nitrogen and oxygen atoms in total. The van der Waals surface area contributed by atoms with Gasteiger partial charge in [0.25, 0.3) is 5.91 Å². The van der Waals surface area contributed by atoms with E-state index in [1.54, 1.807) is 26.4 Å². The highest BCUT2D eigenvalue weighted by molar-refractivity contribution is 5.98. The molecule has 4 N–H and O–H groups in total. The molecule has 0 bridgehead atoms. The normalized spacial score (nSPS) is 17.4. The number of imidazole rings is 1. The molecule has 3 aromatic rings. The highest BCUT2D eigenvalue weighted by atomic mass is 16.5. The molecule has 1 aliphatic carbocycles. The Kier molecular flexibility index (Phi) is 8.23. The highest BCUT2D eigenvalue weighted by Crippen LogP contribution is 2.36. The van der Waals surface area contributed by atoms with Crippen LogP contribution in [0.5, 0.6) is 0 Å². The first-order chi connectivity index (χ1) is 18.1. The highest BCUT2D eigenvalue weighted by Gasteiger charge is 2.36. The average Bonchev–Trinajstić information content (AvgIpc) is 3.46. The quantitative estimate of drug-likeness (QED) is 0.350. The van der Waals surface area contributed by atoms with E-state index < -0.39 is 29.5 Å². The van der Waals surface area contributed by atoms with Gasteiger partial charge < -0.3 is 30.4 Å². The summed E-state index contributed by atoms with van der Waals surface area (Å²) in [5.74, 6) is -1.06. The van der Waals surface area contributed by atoms with Crippen molar-refractivity contribution in [3.05, 3.63) is 83.8 Å². The summed E-state index contributed by atoms with van der Waals surface area (Å²) in [5, 5.41) is 5.43. The summed E-state index contributed by atoms with van der Waals surface area (Å²) < 4.78 is 13.2. The van der Waals surface area contributed by atoms with Gasteiger partial charge in [-0.05, 0) is 30.5 Å². The van der Waals surface area contributed by atoms with Gasteiger partial charge in [0.1, 0.15) is 12.1 Å². The number of carbonyl (C=O) groups is 3. The minimum absolute atomic E-state index is 0.0617. The number of carbonyl (C=O) groups excluding carboxylic acids is 3. The SMILES string of the molecule is CC(=O)O[C@H]1Cc2ccccc2[C@@H]1n1cnc(NC(=O)[C@@H](COCc2ccccc2)NC(=O)C(C)(C)N)c1. The Morgan fingerprint density at radius 3 is 2.55 bits per heavy atom. The molecule has 2 aromatic carbocycles. The molecule has 1 aromatic heterocycles. The molecule has 10 heteroatoms. The number of nitrogens with zero attached hydrogens (tertiary/aromatic N) is 2. The topological polar surface area (TPSA) is 138 Å². The molecule has 3 atom stereocenters. The zero-order valence-electron chi connectivity index (χ0n) is 21.7. The average molecular weight is 520 g/mol. The summed E-state index contributed by atoms with van der Waals surface area (Å²) in [5.41, 5.74) is 7.80. The number of nitrogens with one attached hydrogen (secondary N) is 2. The fourth-order valence-electron chi connectivity index (χ4n) is 4.37. The van der Waals surface area contributed by atoms with Crippen molar-refractivity contribution in [2.45, 2.75) is 57.5 Å². The zero-order chi connectivity index (χ0) is 27.3. The van der Waals surface area contributed by atoms with Crippen molar-refractivity contribution in [1.82, 2.24) is 14.9 Å². The summed E-state index contributed by atoms with van der Waals surface area (Å²) >= 11 is 0. The van der Waals surface area contributed by atoms with Crippen LogP contribution in [0.1, 0.15) is 43.5 Å². The third-order valence-corrected chi connectivity index (χ3v) is 6.24. The van der Waals surface area contributed by atoms with Crippen LogP contribution in [0.25, 0.3) is 0 Å². The first-order valence-corrected chi connectivity index (χ1v) is 12.4. The molecule has 2 amide bonds. The van der Waals surface area contributed by atoms with Gasteiger partial charge in [0.15, 0.2) is 5.82 Å². The van der Waals surface area contributed by atoms with Crippen LogP contribution in [-0.4, -0.2) is 51.6 Å². The van der Waals surface area contributed by atoms with Crippen molar-refractivity contribution >= 4 is 23.6 Å². The molecule has 0 fully saturated rings. The molecule has 0 spiro atoms. The van der Waals surface area contributed by atoms with E-state index in [-0.39, 0.29) is 31.0 Å². The summed E-state index contributed by atoms with van der Waals surface area (Å²) in [7, 11) is 0. The third-order valence-electron chi connectivity index (χ3n) is 6.24. The number of rotatable bonds is 10. The van der Waals surface area contributed by atoms with E-state index in [4.69, 9.17) is 15.2 Å². The number of aromatic nitrogens is 2. The number of hydrogen-bond acceptors (Lipinski definition) is 7. The molecule has 0 radical (unpaired) electrons. The van der Waals surface area contributed by atoms with E-state index in [1.807, 2.05) is 59.2 Å². The smallest absolute Gasteiger partial charge is 0.302 e. The largest absolute Gasteiger partial charge is 0.460 e. The van der Waals surface area contributed by atoms with Gasteiger partial charge in [-0.1, -0.05) is 54.6 Å². The standard InChI is InChI=1S/C28H33N5O5/c1-18(34)38-23-13-20-11-7-8-12-21(20)25(23)33-14-24(30-17-33)32-26(35)22(31-27(36)28(2,3)29)16-37-15-19-9-5-4-6-10-19/h4-12,14,17,22-23,25H,13,15-16,29H2,1-3H3,(H,31,36)(H,32,35)/t22-,23+,25+/m1/s1. The molecule has 0 saturated heterocycles. The Morgan fingerprint density at radius 2 is 1.84 bits per heavy atom. The lowest BCUT2D eigenvalue weighted by Crippen LogP contribution is -2.56. The van der Waals surface area contributed by atoms with Gasteiger partial charge in [-0.2, -0.15) is 0 Å². The number of hydrogen-bond donors (Lipinski definition) is 3. The summed E-state index contributed by atoms with van der Waals surface area (Å²) in [6.45, 7) is 4.72. The van der Waals surface area contributed by atoms with E-state index in [0.717, 1.165) is 16.7 Å². The summed E-state index contributed by atoms with van der Waals surface area (Å²) in [6, 6.07) is 16.1. The van der Waals surface area contributed by atoms with Crippen LogP contribution >= 0.6 is 0 Å². The fraction of sp³-hybridized carbons (Fsp3) is 0.357. The second-order valence-electron chi connectivity index (χ2n) is 9.94. The maximum absolute atomic E-state index is 13.2. The molecule has 200 valence electrons. The van der Waals surface area contributed by atoms with E-state index in [2.05, 4.69) is 15.6 Å². The van der Waals surface area contributed by atoms with Gasteiger partial charge >= 0.3 is 5.97 Å². The Hall–Kier alpha value is -4.02. The van der Waals surface area contributed by atoms with Gasteiger partial charge in [-0.25, -0.2) is 4.98 Å². The van der Waals surface area contributed by atoms with Crippen molar-refractivity contribution in [3.8, 4) is 0 Å². The van der Waals surface area contributed by atoms with E-state index >= 15 is 0 Å². The number of fused-ring (bicyclic) bond motifs is 1. The second kappa shape index (κ2) is 11.6. The van der Waals surface area contributed by atoms with Crippen LogP contribution in [0.4, 0.5) is 5.82 Å².